The second kappa shape index (κ2) is 5.28. The Morgan fingerprint density at radius 2 is 1.50 bits per heavy atom. The topological polar surface area (TPSA) is 29.3 Å². The van der Waals surface area contributed by atoms with Crippen molar-refractivity contribution in [3.63, 3.8) is 0 Å². The van der Waals surface area contributed by atoms with Gasteiger partial charge in [0.25, 0.3) is 0 Å². The van der Waals surface area contributed by atoms with E-state index in [-0.39, 0.29) is 5.54 Å². The van der Waals surface area contributed by atoms with Crippen LogP contribution in [0.5, 0.6) is 0 Å². The molecule has 2 aliphatic rings. The summed E-state index contributed by atoms with van der Waals surface area (Å²) in [6.45, 7) is 17.9. The Morgan fingerprint density at radius 1 is 0.950 bits per heavy atom. The third-order valence-corrected chi connectivity index (χ3v) is 5.96. The monoisotopic (exact) mass is 280 g/mol. The highest BCUT2D eigenvalue weighted by Crippen LogP contribution is 2.52. The number of nitrogens with two attached hydrogens (primary N) is 1. The van der Waals surface area contributed by atoms with Crippen LogP contribution in [0.15, 0.2) is 0 Å². The minimum Gasteiger partial charge on any atom is -0.329 e. The van der Waals surface area contributed by atoms with Gasteiger partial charge < -0.3 is 5.73 Å². The number of rotatable bonds is 2. The Bertz CT molecular complexity index is 329. The number of nitrogens with zero attached hydrogens (tertiary/aromatic N) is 1. The van der Waals surface area contributed by atoms with E-state index in [9.17, 15) is 0 Å². The molecule has 0 radical (unpaired) electrons. The Hall–Kier alpha value is -0.0800. The molecule has 2 atom stereocenters. The molecule has 2 heteroatoms. The van der Waals surface area contributed by atoms with Gasteiger partial charge in [-0.15, -0.1) is 0 Å². The minimum absolute atomic E-state index is 0.236. The van der Waals surface area contributed by atoms with Crippen LogP contribution in [0.3, 0.4) is 0 Å². The van der Waals surface area contributed by atoms with Gasteiger partial charge in [0.15, 0.2) is 0 Å². The van der Waals surface area contributed by atoms with Crippen molar-refractivity contribution in [2.24, 2.45) is 28.4 Å². The van der Waals surface area contributed by atoms with Crippen molar-refractivity contribution in [1.82, 2.24) is 4.90 Å². The van der Waals surface area contributed by atoms with E-state index in [4.69, 9.17) is 5.73 Å². The molecule has 1 aliphatic carbocycles. The first-order chi connectivity index (χ1) is 9.09. The molecule has 2 nitrogen and oxygen atoms in total. The lowest BCUT2D eigenvalue weighted by molar-refractivity contribution is -0.0651. The van der Waals surface area contributed by atoms with Crippen LogP contribution in [-0.2, 0) is 0 Å². The maximum absolute atomic E-state index is 6.35. The fourth-order valence-corrected chi connectivity index (χ4v) is 5.46. The van der Waals surface area contributed by atoms with Gasteiger partial charge in [-0.3, -0.25) is 4.90 Å². The highest BCUT2D eigenvalue weighted by Gasteiger charge is 2.50. The fraction of sp³-hybridized carbons (Fsp3) is 1.00. The summed E-state index contributed by atoms with van der Waals surface area (Å²) < 4.78 is 0. The molecular weight excluding hydrogens is 244 g/mol. The van der Waals surface area contributed by atoms with Crippen LogP contribution in [0.4, 0.5) is 0 Å². The zero-order chi connectivity index (χ0) is 15.2. The largest absolute Gasteiger partial charge is 0.329 e. The number of piperidine rings is 1. The second-order valence-corrected chi connectivity index (χ2v) is 9.48. The summed E-state index contributed by atoms with van der Waals surface area (Å²) in [4.78, 5) is 2.76. The normalized spacial score (nSPS) is 36.8. The first-order valence-electron chi connectivity index (χ1n) is 8.54. The summed E-state index contributed by atoms with van der Waals surface area (Å²) in [5, 5.41) is 0. The van der Waals surface area contributed by atoms with Gasteiger partial charge in [-0.25, -0.2) is 0 Å². The minimum atomic E-state index is 0.236. The zero-order valence-corrected chi connectivity index (χ0v) is 14.6. The van der Waals surface area contributed by atoms with Crippen LogP contribution in [0.1, 0.15) is 67.2 Å². The summed E-state index contributed by atoms with van der Waals surface area (Å²) in [6.07, 6.45) is 5.19. The van der Waals surface area contributed by atoms with Crippen molar-refractivity contribution in [2.75, 3.05) is 19.6 Å². The van der Waals surface area contributed by atoms with E-state index in [1.54, 1.807) is 0 Å². The summed E-state index contributed by atoms with van der Waals surface area (Å²) >= 11 is 0. The third-order valence-electron chi connectivity index (χ3n) is 5.96. The second-order valence-electron chi connectivity index (χ2n) is 9.48. The zero-order valence-electron chi connectivity index (χ0n) is 14.6. The highest BCUT2D eigenvalue weighted by molar-refractivity contribution is 5.05. The van der Waals surface area contributed by atoms with Crippen LogP contribution in [0, 0.1) is 22.7 Å². The molecule has 0 bridgehead atoms. The van der Waals surface area contributed by atoms with Crippen molar-refractivity contribution in [3.05, 3.63) is 0 Å². The number of hydrogen-bond acceptors (Lipinski definition) is 2. The van der Waals surface area contributed by atoms with Gasteiger partial charge >= 0.3 is 0 Å². The summed E-state index contributed by atoms with van der Waals surface area (Å²) in [6, 6.07) is 0. The summed E-state index contributed by atoms with van der Waals surface area (Å²) in [7, 11) is 0. The van der Waals surface area contributed by atoms with Crippen LogP contribution in [0.2, 0.25) is 0 Å². The molecular formula is C18H36N2. The smallest absolute Gasteiger partial charge is 0.0342 e. The SMILES string of the molecule is CC1CCN(C2(CN)CC(C)(C)CC(C)(C)C2)CC1C. The van der Waals surface area contributed by atoms with Gasteiger partial charge in [0, 0.05) is 18.6 Å². The predicted octanol–water partition coefficient (Wildman–Crippen LogP) is 3.90. The van der Waals surface area contributed by atoms with Crippen LogP contribution < -0.4 is 5.73 Å². The molecule has 0 spiro atoms. The molecule has 0 aromatic rings. The molecule has 118 valence electrons. The molecule has 0 amide bonds. The first kappa shape index (κ1) is 16.3. The van der Waals surface area contributed by atoms with Crippen molar-refractivity contribution in [3.8, 4) is 0 Å². The van der Waals surface area contributed by atoms with E-state index in [0.29, 0.717) is 10.8 Å². The van der Waals surface area contributed by atoms with E-state index in [1.165, 1.54) is 38.8 Å². The lowest BCUT2D eigenvalue weighted by Gasteiger charge is -2.58. The maximum atomic E-state index is 6.35. The van der Waals surface area contributed by atoms with Crippen LogP contribution >= 0.6 is 0 Å². The van der Waals surface area contributed by atoms with Crippen molar-refractivity contribution in [1.29, 1.82) is 0 Å². The van der Waals surface area contributed by atoms with E-state index in [2.05, 4.69) is 46.4 Å². The quantitative estimate of drug-likeness (QED) is 0.831. The van der Waals surface area contributed by atoms with E-state index in [0.717, 1.165) is 18.4 Å². The third kappa shape index (κ3) is 3.22. The first-order valence-corrected chi connectivity index (χ1v) is 8.54. The van der Waals surface area contributed by atoms with E-state index in [1.807, 2.05) is 0 Å². The van der Waals surface area contributed by atoms with Gasteiger partial charge in [-0.2, -0.15) is 0 Å². The molecule has 2 rings (SSSR count). The van der Waals surface area contributed by atoms with Crippen molar-refractivity contribution in [2.45, 2.75) is 72.8 Å². The molecule has 1 saturated carbocycles. The van der Waals surface area contributed by atoms with Gasteiger partial charge in [-0.1, -0.05) is 41.5 Å². The Labute approximate surface area is 126 Å². The standard InChI is InChI=1S/C18H36N2/c1-14-7-8-20(9-15(14)2)18(13-19)11-16(3,4)10-17(5,6)12-18/h14-15H,7-13,19H2,1-6H3. The molecule has 0 aromatic heterocycles. The molecule has 2 N–H and O–H groups in total. The Balaban J connectivity index is 2.24. The van der Waals surface area contributed by atoms with E-state index < -0.39 is 0 Å². The molecule has 2 fully saturated rings. The molecule has 1 aliphatic heterocycles. The number of likely N-dealkylation sites (tertiary alicyclic amines) is 1. The molecule has 20 heavy (non-hydrogen) atoms. The summed E-state index contributed by atoms with van der Waals surface area (Å²) in [5.74, 6) is 1.67. The fourth-order valence-electron chi connectivity index (χ4n) is 5.46. The molecule has 0 aromatic carbocycles. The highest BCUT2D eigenvalue weighted by atomic mass is 15.2. The van der Waals surface area contributed by atoms with Gasteiger partial charge in [0.1, 0.15) is 0 Å². The summed E-state index contributed by atoms with van der Waals surface area (Å²) in [5.41, 5.74) is 7.41. The van der Waals surface area contributed by atoms with Crippen molar-refractivity contribution >= 4 is 0 Å². The van der Waals surface area contributed by atoms with Crippen molar-refractivity contribution < 1.29 is 0 Å². The van der Waals surface area contributed by atoms with E-state index >= 15 is 0 Å². The Kier molecular flexibility index (Phi) is 4.30. The predicted molar refractivity (Wildman–Crippen MR) is 87.7 cm³/mol. The lowest BCUT2D eigenvalue weighted by Crippen LogP contribution is -2.63. The van der Waals surface area contributed by atoms with Gasteiger partial charge in [0.2, 0.25) is 0 Å². The van der Waals surface area contributed by atoms with Crippen LogP contribution in [-0.4, -0.2) is 30.1 Å². The molecule has 1 saturated heterocycles. The maximum Gasteiger partial charge on any atom is 0.0342 e. The average Bonchev–Trinajstić information content (AvgIpc) is 2.28. The van der Waals surface area contributed by atoms with Gasteiger partial charge in [-0.05, 0) is 54.9 Å². The Morgan fingerprint density at radius 3 is 1.95 bits per heavy atom. The number of hydrogen-bond donors (Lipinski definition) is 1. The molecule has 1 heterocycles. The molecule has 2 unspecified atom stereocenters. The average molecular weight is 280 g/mol. The lowest BCUT2D eigenvalue weighted by atomic mass is 9.57. The van der Waals surface area contributed by atoms with Gasteiger partial charge in [0.05, 0.1) is 0 Å². The van der Waals surface area contributed by atoms with Crippen LogP contribution in [0.25, 0.3) is 0 Å².